The number of rotatable bonds is 9. The van der Waals surface area contributed by atoms with Gasteiger partial charge in [-0.2, -0.15) is 13.2 Å². The van der Waals surface area contributed by atoms with Crippen molar-refractivity contribution in [1.29, 1.82) is 0 Å². The van der Waals surface area contributed by atoms with Crippen LogP contribution in [0.3, 0.4) is 0 Å². The van der Waals surface area contributed by atoms with E-state index in [-0.39, 0.29) is 17.0 Å². The second-order valence-corrected chi connectivity index (χ2v) is 12.2. The minimum absolute atomic E-state index is 0.0928. The molecule has 2 heterocycles. The van der Waals surface area contributed by atoms with Crippen molar-refractivity contribution in [3.63, 3.8) is 0 Å². The van der Waals surface area contributed by atoms with Crippen LogP contribution < -0.4 is 16.2 Å². The van der Waals surface area contributed by atoms with Gasteiger partial charge in [-0.1, -0.05) is 39.8 Å². The normalized spacial score (nSPS) is 16.9. The molecule has 1 aliphatic rings. The summed E-state index contributed by atoms with van der Waals surface area (Å²) < 4.78 is 42.3. The Morgan fingerprint density at radius 1 is 1.15 bits per heavy atom. The summed E-state index contributed by atoms with van der Waals surface area (Å²) in [6.45, 7) is 9.32. The van der Waals surface area contributed by atoms with Crippen LogP contribution in [0.25, 0.3) is 0 Å². The minimum Gasteiger partial charge on any atom is -0.322 e. The number of carbonyl (C=O) groups is 1. The first-order valence-electron chi connectivity index (χ1n) is 13.4. The Bertz CT molecular complexity index is 1430. The van der Waals surface area contributed by atoms with Gasteiger partial charge in [-0.3, -0.25) is 9.59 Å². The summed E-state index contributed by atoms with van der Waals surface area (Å²) in [6, 6.07) is 8.32. The molecule has 1 saturated carbocycles. The fraction of sp³-hybridized carbons (Fsp3) is 0.517. The smallest absolute Gasteiger partial charge is 0.322 e. The van der Waals surface area contributed by atoms with Crippen LogP contribution in [0, 0.1) is 11.3 Å². The topological polar surface area (TPSA) is 93.8 Å². The molecule has 40 heavy (non-hydrogen) atoms. The van der Waals surface area contributed by atoms with Gasteiger partial charge in [-0.15, -0.1) is 10.2 Å². The first-order valence-corrected chi connectivity index (χ1v) is 13.4. The molecule has 2 aromatic heterocycles. The number of nitrogens with one attached hydrogen (secondary N) is 2. The highest BCUT2D eigenvalue weighted by atomic mass is 19.4. The van der Waals surface area contributed by atoms with Gasteiger partial charge in [0, 0.05) is 25.0 Å². The molecule has 3 aromatic rings. The summed E-state index contributed by atoms with van der Waals surface area (Å²) in [5, 5.41) is 14.4. The Kier molecular flexibility index (Phi) is 7.99. The molecule has 1 atom stereocenters. The van der Waals surface area contributed by atoms with Crippen molar-refractivity contribution in [2.45, 2.75) is 71.6 Å². The molecule has 1 aliphatic carbocycles. The van der Waals surface area contributed by atoms with E-state index in [0.717, 1.165) is 24.2 Å². The number of anilines is 1. The average Bonchev–Trinajstić information content (AvgIpc) is 3.27. The van der Waals surface area contributed by atoms with Gasteiger partial charge in [0.25, 0.3) is 11.5 Å². The third-order valence-corrected chi connectivity index (χ3v) is 7.41. The first-order chi connectivity index (χ1) is 18.6. The number of benzene rings is 1. The van der Waals surface area contributed by atoms with Crippen molar-refractivity contribution in [2.75, 3.05) is 11.9 Å². The predicted octanol–water partition coefficient (Wildman–Crippen LogP) is 5.20. The van der Waals surface area contributed by atoms with Gasteiger partial charge in [0.1, 0.15) is 24.3 Å². The Hall–Kier alpha value is -3.47. The molecular weight excluding hydrogens is 521 g/mol. The minimum atomic E-state index is -4.62. The first kappa shape index (κ1) is 29.5. The third kappa shape index (κ3) is 6.29. The molecule has 1 fully saturated rings. The quantitative estimate of drug-likeness (QED) is 0.376. The van der Waals surface area contributed by atoms with E-state index < -0.39 is 29.6 Å². The number of aryl methyl sites for hydroxylation is 1. The number of hydrogen-bond donors (Lipinski definition) is 2. The second-order valence-electron chi connectivity index (χ2n) is 12.2. The third-order valence-electron chi connectivity index (χ3n) is 7.41. The number of nitrogens with zero attached hydrogens (tertiary/aromatic N) is 4. The maximum atomic E-state index is 13.4. The van der Waals surface area contributed by atoms with Crippen LogP contribution in [0.2, 0.25) is 0 Å². The lowest BCUT2D eigenvalue weighted by Crippen LogP contribution is -2.49. The van der Waals surface area contributed by atoms with Crippen LogP contribution in [0.5, 0.6) is 0 Å². The lowest BCUT2D eigenvalue weighted by atomic mass is 9.51. The molecular formula is C29H37F3N6O2. The molecule has 1 aromatic carbocycles. The number of amides is 1. The molecule has 1 unspecified atom stereocenters. The Labute approximate surface area is 232 Å². The molecule has 1 amide bonds. The molecule has 0 radical (unpaired) electrons. The summed E-state index contributed by atoms with van der Waals surface area (Å²) in [6.07, 6.45) is -0.132. The van der Waals surface area contributed by atoms with Gasteiger partial charge in [0.15, 0.2) is 0 Å². The second kappa shape index (κ2) is 10.8. The standard InChI is InChI=1S/C29H37F3N6O2/c1-18(2)12-33-19(3)20-10-23(25(40)38(13-20)16-29(30,31)32)24(39)35-22-9-7-8-21(11-22)28(14-27(4,5)15-28)26-36-34-17-37(26)6/h7-11,13,17-19,33H,12,14-16H2,1-6H3,(H,35,39). The van der Waals surface area contributed by atoms with Gasteiger partial charge < -0.3 is 19.8 Å². The van der Waals surface area contributed by atoms with Crippen LogP contribution >= 0.6 is 0 Å². The highest BCUT2D eigenvalue weighted by Crippen LogP contribution is 2.58. The zero-order valence-corrected chi connectivity index (χ0v) is 23.8. The van der Waals surface area contributed by atoms with E-state index in [2.05, 4.69) is 34.7 Å². The van der Waals surface area contributed by atoms with Crippen LogP contribution in [0.4, 0.5) is 18.9 Å². The Morgan fingerprint density at radius 2 is 1.85 bits per heavy atom. The van der Waals surface area contributed by atoms with Crippen molar-refractivity contribution >= 4 is 11.6 Å². The lowest BCUT2D eigenvalue weighted by Gasteiger charge is -2.52. The number of halogens is 3. The molecule has 11 heteroatoms. The maximum Gasteiger partial charge on any atom is 0.406 e. The Balaban J connectivity index is 1.67. The van der Waals surface area contributed by atoms with Gasteiger partial charge in [-0.05, 0) is 67.0 Å². The van der Waals surface area contributed by atoms with E-state index in [1.54, 1.807) is 19.3 Å². The van der Waals surface area contributed by atoms with Crippen molar-refractivity contribution in [3.8, 4) is 0 Å². The van der Waals surface area contributed by atoms with E-state index in [1.807, 2.05) is 43.7 Å². The number of carbonyl (C=O) groups excluding carboxylic acids is 1. The zero-order chi connectivity index (χ0) is 29.5. The predicted molar refractivity (Wildman–Crippen MR) is 147 cm³/mol. The van der Waals surface area contributed by atoms with Crippen LogP contribution in [0.15, 0.2) is 47.7 Å². The van der Waals surface area contributed by atoms with Crippen LogP contribution in [-0.4, -0.2) is 38.0 Å². The van der Waals surface area contributed by atoms with Crippen molar-refractivity contribution in [2.24, 2.45) is 18.4 Å². The summed E-state index contributed by atoms with van der Waals surface area (Å²) in [4.78, 5) is 26.4. The van der Waals surface area contributed by atoms with Crippen LogP contribution in [-0.2, 0) is 19.0 Å². The van der Waals surface area contributed by atoms with E-state index >= 15 is 0 Å². The highest BCUT2D eigenvalue weighted by molar-refractivity contribution is 6.04. The summed E-state index contributed by atoms with van der Waals surface area (Å²) in [5.74, 6) is 0.364. The zero-order valence-electron chi connectivity index (χ0n) is 23.8. The van der Waals surface area contributed by atoms with Crippen molar-refractivity contribution in [3.05, 3.63) is 75.7 Å². The van der Waals surface area contributed by atoms with Gasteiger partial charge in [0.05, 0.1) is 5.41 Å². The highest BCUT2D eigenvalue weighted by Gasteiger charge is 2.54. The molecule has 0 spiro atoms. The molecule has 2 N–H and O–H groups in total. The largest absolute Gasteiger partial charge is 0.406 e. The molecule has 216 valence electrons. The van der Waals surface area contributed by atoms with Gasteiger partial charge in [-0.25, -0.2) is 0 Å². The average molecular weight is 559 g/mol. The number of pyridine rings is 1. The Morgan fingerprint density at radius 3 is 2.42 bits per heavy atom. The van der Waals surface area contributed by atoms with E-state index in [0.29, 0.717) is 28.3 Å². The molecule has 0 aliphatic heterocycles. The molecule has 0 bridgehead atoms. The van der Waals surface area contributed by atoms with Crippen molar-refractivity contribution < 1.29 is 18.0 Å². The van der Waals surface area contributed by atoms with E-state index in [9.17, 15) is 22.8 Å². The molecule has 4 rings (SSSR count). The fourth-order valence-corrected chi connectivity index (χ4v) is 5.78. The maximum absolute atomic E-state index is 13.4. The number of aromatic nitrogens is 4. The number of alkyl halides is 3. The van der Waals surface area contributed by atoms with Gasteiger partial charge >= 0.3 is 6.18 Å². The fourth-order valence-electron chi connectivity index (χ4n) is 5.78. The lowest BCUT2D eigenvalue weighted by molar-refractivity contribution is -0.141. The van der Waals surface area contributed by atoms with E-state index in [4.69, 9.17) is 0 Å². The molecule has 8 nitrogen and oxygen atoms in total. The van der Waals surface area contributed by atoms with Crippen molar-refractivity contribution in [1.82, 2.24) is 24.6 Å². The van der Waals surface area contributed by atoms with Crippen LogP contribution in [0.1, 0.15) is 80.8 Å². The summed E-state index contributed by atoms with van der Waals surface area (Å²) in [5.41, 5.74) is 0.144. The summed E-state index contributed by atoms with van der Waals surface area (Å²) in [7, 11) is 1.89. The SMILES string of the molecule is CC(C)CNC(C)c1cc(C(=O)Nc2cccc(C3(c4nncn4C)CC(C)(C)C3)c2)c(=O)n(CC(F)(F)F)c1. The van der Waals surface area contributed by atoms with E-state index in [1.165, 1.54) is 12.3 Å². The summed E-state index contributed by atoms with van der Waals surface area (Å²) >= 11 is 0. The monoisotopic (exact) mass is 558 g/mol. The number of hydrogen-bond acceptors (Lipinski definition) is 5. The molecule has 0 saturated heterocycles. The van der Waals surface area contributed by atoms with Gasteiger partial charge in [0.2, 0.25) is 0 Å².